The molecule has 17 heavy (non-hydrogen) atoms. The summed E-state index contributed by atoms with van der Waals surface area (Å²) in [6.07, 6.45) is 0. The number of carbonyl (C=O) groups excluding carboxylic acids is 1. The topological polar surface area (TPSA) is 104 Å². The highest BCUT2D eigenvalue weighted by atomic mass is 16.3. The van der Waals surface area contributed by atoms with E-state index in [1.54, 1.807) is 27.0 Å². The van der Waals surface area contributed by atoms with Crippen molar-refractivity contribution in [2.24, 2.45) is 5.84 Å². The molecule has 94 valence electrons. The van der Waals surface area contributed by atoms with Gasteiger partial charge in [-0.05, 0) is 26.0 Å². The van der Waals surface area contributed by atoms with Gasteiger partial charge in [-0.2, -0.15) is 0 Å². The molecule has 0 saturated heterocycles. The van der Waals surface area contributed by atoms with Crippen LogP contribution in [0.5, 0.6) is 0 Å². The van der Waals surface area contributed by atoms with Gasteiger partial charge in [0.05, 0.1) is 5.60 Å². The van der Waals surface area contributed by atoms with E-state index in [1.165, 1.54) is 11.0 Å². The Hall–Kier alpha value is -1.73. The van der Waals surface area contributed by atoms with Crippen LogP contribution >= 0.6 is 0 Å². The van der Waals surface area contributed by atoms with E-state index in [-0.39, 0.29) is 18.1 Å². The fraction of sp³-hybridized carbons (Fsp3) is 0.500. The summed E-state index contributed by atoms with van der Waals surface area (Å²) < 4.78 is 0. The summed E-state index contributed by atoms with van der Waals surface area (Å²) in [5.74, 6) is 5.22. The van der Waals surface area contributed by atoms with Crippen molar-refractivity contribution in [2.75, 3.05) is 19.0 Å². The van der Waals surface area contributed by atoms with Gasteiger partial charge in [0, 0.05) is 13.6 Å². The van der Waals surface area contributed by atoms with Crippen molar-refractivity contribution in [3.63, 3.8) is 0 Å². The summed E-state index contributed by atoms with van der Waals surface area (Å²) in [6, 6.07) is 3.07. The minimum Gasteiger partial charge on any atom is -0.389 e. The molecular formula is C10H17N5O2. The SMILES string of the molecule is CN(CC(C)(C)O)C(=O)c1ccc(NN)nn1. The van der Waals surface area contributed by atoms with Crippen LogP contribution in [0.25, 0.3) is 0 Å². The Balaban J connectivity index is 2.75. The van der Waals surface area contributed by atoms with E-state index in [1.807, 2.05) is 0 Å². The summed E-state index contributed by atoms with van der Waals surface area (Å²) in [5.41, 5.74) is 1.58. The number of hydrogen-bond donors (Lipinski definition) is 3. The Kier molecular flexibility index (Phi) is 3.97. The van der Waals surface area contributed by atoms with Crippen LogP contribution in [0.2, 0.25) is 0 Å². The molecule has 0 radical (unpaired) electrons. The number of nitrogens with one attached hydrogen (secondary N) is 1. The van der Waals surface area contributed by atoms with Gasteiger partial charge in [0.15, 0.2) is 11.5 Å². The first-order chi connectivity index (χ1) is 7.83. The monoisotopic (exact) mass is 239 g/mol. The molecule has 0 atom stereocenters. The first-order valence-electron chi connectivity index (χ1n) is 5.11. The molecule has 0 unspecified atom stereocenters. The van der Waals surface area contributed by atoms with Crippen molar-refractivity contribution < 1.29 is 9.90 Å². The Labute approximate surface area is 99.6 Å². The molecule has 0 aliphatic carbocycles. The third-order valence-corrected chi connectivity index (χ3v) is 2.00. The molecule has 7 heteroatoms. The largest absolute Gasteiger partial charge is 0.389 e. The number of aliphatic hydroxyl groups is 1. The van der Waals surface area contributed by atoms with Gasteiger partial charge in [-0.3, -0.25) is 4.79 Å². The average Bonchev–Trinajstić information content (AvgIpc) is 2.26. The van der Waals surface area contributed by atoms with Gasteiger partial charge >= 0.3 is 0 Å². The zero-order chi connectivity index (χ0) is 13.1. The van der Waals surface area contributed by atoms with Crippen LogP contribution in [-0.2, 0) is 0 Å². The quantitative estimate of drug-likeness (QED) is 0.488. The van der Waals surface area contributed by atoms with Crippen LogP contribution in [0, 0.1) is 0 Å². The summed E-state index contributed by atoms with van der Waals surface area (Å²) in [7, 11) is 1.59. The lowest BCUT2D eigenvalue weighted by Gasteiger charge is -2.25. The Morgan fingerprint density at radius 2 is 2.18 bits per heavy atom. The normalized spacial score (nSPS) is 11.1. The second-order valence-corrected chi connectivity index (χ2v) is 4.42. The number of carbonyl (C=O) groups is 1. The van der Waals surface area contributed by atoms with Crippen molar-refractivity contribution in [1.82, 2.24) is 15.1 Å². The van der Waals surface area contributed by atoms with Crippen molar-refractivity contribution >= 4 is 11.7 Å². The van der Waals surface area contributed by atoms with Crippen LogP contribution in [0.4, 0.5) is 5.82 Å². The van der Waals surface area contributed by atoms with Gasteiger partial charge in [-0.25, -0.2) is 5.84 Å². The highest BCUT2D eigenvalue weighted by Gasteiger charge is 2.21. The lowest BCUT2D eigenvalue weighted by Crippen LogP contribution is -2.40. The smallest absolute Gasteiger partial charge is 0.274 e. The molecule has 1 amide bonds. The Morgan fingerprint density at radius 3 is 2.59 bits per heavy atom. The number of rotatable bonds is 4. The summed E-state index contributed by atoms with van der Waals surface area (Å²) in [6.45, 7) is 3.47. The van der Waals surface area contributed by atoms with Gasteiger partial charge < -0.3 is 15.4 Å². The molecule has 1 aromatic rings. The lowest BCUT2D eigenvalue weighted by atomic mass is 10.1. The number of anilines is 1. The molecule has 4 N–H and O–H groups in total. The number of nitrogen functional groups attached to an aromatic ring is 1. The molecule has 0 bridgehead atoms. The summed E-state index contributed by atoms with van der Waals surface area (Å²) >= 11 is 0. The zero-order valence-corrected chi connectivity index (χ0v) is 10.1. The molecule has 1 rings (SSSR count). The number of amides is 1. The van der Waals surface area contributed by atoms with Crippen LogP contribution in [0.1, 0.15) is 24.3 Å². The summed E-state index contributed by atoms with van der Waals surface area (Å²) in [4.78, 5) is 13.3. The highest BCUT2D eigenvalue weighted by molar-refractivity contribution is 5.92. The maximum atomic E-state index is 11.9. The van der Waals surface area contributed by atoms with Gasteiger partial charge in [-0.15, -0.1) is 10.2 Å². The van der Waals surface area contributed by atoms with E-state index in [9.17, 15) is 9.90 Å². The number of aromatic nitrogens is 2. The van der Waals surface area contributed by atoms with E-state index in [2.05, 4.69) is 15.6 Å². The number of nitrogens with zero attached hydrogens (tertiary/aromatic N) is 3. The molecule has 1 aromatic heterocycles. The maximum absolute atomic E-state index is 11.9. The molecule has 0 fully saturated rings. The van der Waals surface area contributed by atoms with Crippen molar-refractivity contribution in [1.29, 1.82) is 0 Å². The number of hydrogen-bond acceptors (Lipinski definition) is 6. The van der Waals surface area contributed by atoms with Gasteiger partial charge in [-0.1, -0.05) is 0 Å². The maximum Gasteiger partial charge on any atom is 0.274 e. The van der Waals surface area contributed by atoms with Gasteiger partial charge in [0.1, 0.15) is 0 Å². The second kappa shape index (κ2) is 5.07. The molecule has 0 aliphatic rings. The lowest BCUT2D eigenvalue weighted by molar-refractivity contribution is 0.0364. The molecule has 0 spiro atoms. The highest BCUT2D eigenvalue weighted by Crippen LogP contribution is 2.07. The molecule has 1 heterocycles. The van der Waals surface area contributed by atoms with Crippen molar-refractivity contribution in [2.45, 2.75) is 19.4 Å². The molecule has 0 saturated carbocycles. The Morgan fingerprint density at radius 1 is 1.53 bits per heavy atom. The molecule has 0 aliphatic heterocycles. The summed E-state index contributed by atoms with van der Waals surface area (Å²) in [5, 5.41) is 17.0. The van der Waals surface area contributed by atoms with Crippen LogP contribution in [-0.4, -0.2) is 45.3 Å². The van der Waals surface area contributed by atoms with Crippen LogP contribution in [0.15, 0.2) is 12.1 Å². The van der Waals surface area contributed by atoms with Gasteiger partial charge in [0.25, 0.3) is 5.91 Å². The third kappa shape index (κ3) is 3.97. The minimum absolute atomic E-state index is 0.204. The van der Waals surface area contributed by atoms with Crippen LogP contribution in [0.3, 0.4) is 0 Å². The fourth-order valence-electron chi connectivity index (χ4n) is 1.37. The van der Waals surface area contributed by atoms with Gasteiger partial charge in [0.2, 0.25) is 0 Å². The van der Waals surface area contributed by atoms with E-state index in [0.29, 0.717) is 5.82 Å². The predicted octanol–water partition coefficient (Wildman–Crippen LogP) is -0.395. The molecule has 0 aromatic carbocycles. The van der Waals surface area contributed by atoms with Crippen molar-refractivity contribution in [3.8, 4) is 0 Å². The first-order valence-corrected chi connectivity index (χ1v) is 5.11. The standard InChI is InChI=1S/C10H17N5O2/c1-10(2,17)6-15(3)9(16)7-4-5-8(12-11)14-13-7/h4-5,17H,6,11H2,1-3H3,(H,12,14). The van der Waals surface area contributed by atoms with E-state index < -0.39 is 5.60 Å². The fourth-order valence-corrected chi connectivity index (χ4v) is 1.37. The van der Waals surface area contributed by atoms with E-state index in [4.69, 9.17) is 5.84 Å². The third-order valence-electron chi connectivity index (χ3n) is 2.00. The molecular weight excluding hydrogens is 222 g/mol. The molecule has 7 nitrogen and oxygen atoms in total. The number of likely N-dealkylation sites (N-methyl/N-ethyl adjacent to an activating group) is 1. The van der Waals surface area contributed by atoms with E-state index in [0.717, 1.165) is 0 Å². The minimum atomic E-state index is -0.948. The first kappa shape index (κ1) is 13.3. The zero-order valence-electron chi connectivity index (χ0n) is 10.1. The van der Waals surface area contributed by atoms with E-state index >= 15 is 0 Å². The van der Waals surface area contributed by atoms with Crippen LogP contribution < -0.4 is 11.3 Å². The van der Waals surface area contributed by atoms with Crippen molar-refractivity contribution in [3.05, 3.63) is 17.8 Å². The predicted molar refractivity (Wildman–Crippen MR) is 63.1 cm³/mol. The Bertz CT molecular complexity index is 385. The number of nitrogens with two attached hydrogens (primary N) is 1. The average molecular weight is 239 g/mol. The second-order valence-electron chi connectivity index (χ2n) is 4.42. The number of hydrazine groups is 1.